The maximum atomic E-state index is 12.3. The van der Waals surface area contributed by atoms with Crippen molar-refractivity contribution in [3.05, 3.63) is 65.5 Å². The van der Waals surface area contributed by atoms with E-state index in [1.54, 1.807) is 24.3 Å². The lowest BCUT2D eigenvalue weighted by molar-refractivity contribution is 0.0818. The van der Waals surface area contributed by atoms with Crippen LogP contribution in [-0.4, -0.2) is 24.2 Å². The van der Waals surface area contributed by atoms with Crippen LogP contribution in [0.25, 0.3) is 11.3 Å². The topological polar surface area (TPSA) is 46.5 Å². The zero-order valence-electron chi connectivity index (χ0n) is 13.1. The molecule has 25 heavy (non-hydrogen) atoms. The van der Waals surface area contributed by atoms with Crippen LogP contribution in [0.1, 0.15) is 5.56 Å². The maximum absolute atomic E-state index is 12.3. The fourth-order valence-electron chi connectivity index (χ4n) is 2.10. The molecule has 0 unspecified atom stereocenters. The van der Waals surface area contributed by atoms with E-state index in [4.69, 9.17) is 4.74 Å². The number of aromatic nitrogens is 1. The van der Waals surface area contributed by atoms with Crippen LogP contribution in [0, 0.1) is 0 Å². The Morgan fingerprint density at radius 3 is 2.68 bits per heavy atom. The summed E-state index contributed by atoms with van der Waals surface area (Å²) in [7, 11) is 0. The molecule has 7 heteroatoms. The Labute approximate surface area is 147 Å². The molecule has 0 radical (unpaired) electrons. The third kappa shape index (κ3) is 4.84. The van der Waals surface area contributed by atoms with Crippen LogP contribution < -0.4 is 10.2 Å². The molecule has 0 saturated carbocycles. The van der Waals surface area contributed by atoms with Gasteiger partial charge < -0.3 is 4.74 Å². The summed E-state index contributed by atoms with van der Waals surface area (Å²) in [4.78, 5) is 4.46. The van der Waals surface area contributed by atoms with Gasteiger partial charge in [-0.1, -0.05) is 42.5 Å². The molecular weight excluding hydrogens is 344 g/mol. The summed E-state index contributed by atoms with van der Waals surface area (Å²) in [5.41, 5.74) is 5.35. The van der Waals surface area contributed by atoms with Crippen LogP contribution in [0.5, 0.6) is 5.75 Å². The number of anilines is 1. The van der Waals surface area contributed by atoms with Gasteiger partial charge in [0.2, 0.25) is 5.13 Å². The summed E-state index contributed by atoms with van der Waals surface area (Å²) < 4.78 is 29.7. The molecule has 1 N–H and O–H groups in total. The van der Waals surface area contributed by atoms with Crippen LogP contribution in [0.2, 0.25) is 0 Å². The standard InChI is InChI=1S/C18H15F2N3OS/c19-17(20)11-24-16-9-5-4-8-14(16)10-21-23-18-22-15(12-25-18)13-6-2-1-3-7-13/h1-10,12,17H,11H2,(H,22,23). The zero-order valence-corrected chi connectivity index (χ0v) is 13.9. The van der Waals surface area contributed by atoms with Crippen molar-refractivity contribution in [2.45, 2.75) is 6.43 Å². The lowest BCUT2D eigenvalue weighted by Crippen LogP contribution is -2.08. The van der Waals surface area contributed by atoms with Crippen molar-refractivity contribution in [1.29, 1.82) is 0 Å². The van der Waals surface area contributed by atoms with Gasteiger partial charge in [0, 0.05) is 16.5 Å². The fourth-order valence-corrected chi connectivity index (χ4v) is 2.76. The molecule has 0 atom stereocenters. The van der Waals surface area contributed by atoms with E-state index >= 15 is 0 Å². The minimum atomic E-state index is -2.52. The molecule has 0 aliphatic heterocycles. The molecule has 4 nitrogen and oxygen atoms in total. The maximum Gasteiger partial charge on any atom is 0.272 e. The molecule has 0 amide bonds. The molecular formula is C18H15F2N3OS. The number of benzene rings is 2. The third-order valence-electron chi connectivity index (χ3n) is 3.22. The van der Waals surface area contributed by atoms with Gasteiger partial charge in [0.15, 0.2) is 0 Å². The summed E-state index contributed by atoms with van der Waals surface area (Å²) in [5.74, 6) is 0.359. The summed E-state index contributed by atoms with van der Waals surface area (Å²) >= 11 is 1.43. The van der Waals surface area contributed by atoms with E-state index in [9.17, 15) is 8.78 Å². The smallest absolute Gasteiger partial charge is 0.272 e. The van der Waals surface area contributed by atoms with E-state index in [1.165, 1.54) is 17.6 Å². The van der Waals surface area contributed by atoms with Crippen LogP contribution in [0.3, 0.4) is 0 Å². The van der Waals surface area contributed by atoms with E-state index in [-0.39, 0.29) is 0 Å². The van der Waals surface area contributed by atoms with Gasteiger partial charge in [-0.05, 0) is 12.1 Å². The summed E-state index contributed by atoms with van der Waals surface area (Å²) in [6.07, 6.45) is -1.00. The average molecular weight is 359 g/mol. The second-order valence-corrected chi connectivity index (χ2v) is 5.87. The lowest BCUT2D eigenvalue weighted by atomic mass is 10.2. The molecule has 0 aliphatic carbocycles. The van der Waals surface area contributed by atoms with Crippen LogP contribution in [-0.2, 0) is 0 Å². The molecule has 3 aromatic rings. The number of hydrogen-bond acceptors (Lipinski definition) is 5. The first kappa shape index (κ1) is 17.0. The molecule has 0 aliphatic rings. The minimum Gasteiger partial charge on any atom is -0.487 e. The van der Waals surface area contributed by atoms with E-state index in [2.05, 4.69) is 15.5 Å². The van der Waals surface area contributed by atoms with Crippen molar-refractivity contribution in [2.75, 3.05) is 12.0 Å². The van der Waals surface area contributed by atoms with Crippen molar-refractivity contribution in [1.82, 2.24) is 4.98 Å². The highest BCUT2D eigenvalue weighted by molar-refractivity contribution is 7.14. The van der Waals surface area contributed by atoms with Crippen molar-refractivity contribution >= 4 is 22.7 Å². The van der Waals surface area contributed by atoms with E-state index in [1.807, 2.05) is 35.7 Å². The Hall–Kier alpha value is -2.80. The highest BCUT2D eigenvalue weighted by Gasteiger charge is 2.06. The monoisotopic (exact) mass is 359 g/mol. The number of hydrazone groups is 1. The van der Waals surface area contributed by atoms with Gasteiger partial charge in [0.05, 0.1) is 11.9 Å². The van der Waals surface area contributed by atoms with Gasteiger partial charge in [-0.15, -0.1) is 11.3 Å². The molecule has 128 valence electrons. The Morgan fingerprint density at radius 2 is 1.88 bits per heavy atom. The number of nitrogens with zero attached hydrogens (tertiary/aromatic N) is 2. The van der Waals surface area contributed by atoms with Crippen LogP contribution in [0.15, 0.2) is 65.1 Å². The molecule has 1 heterocycles. The first-order valence-electron chi connectivity index (χ1n) is 7.52. The van der Waals surface area contributed by atoms with E-state index in [0.29, 0.717) is 16.4 Å². The summed E-state index contributed by atoms with van der Waals surface area (Å²) in [5, 5.41) is 6.69. The number of halogens is 2. The number of rotatable bonds is 7. The second kappa shape index (κ2) is 8.34. The Morgan fingerprint density at radius 1 is 1.12 bits per heavy atom. The number of ether oxygens (including phenoxy) is 1. The van der Waals surface area contributed by atoms with Gasteiger partial charge in [-0.3, -0.25) is 5.43 Å². The predicted molar refractivity (Wildman–Crippen MR) is 96.7 cm³/mol. The first-order valence-corrected chi connectivity index (χ1v) is 8.40. The quantitative estimate of drug-likeness (QED) is 0.482. The average Bonchev–Trinajstić information content (AvgIpc) is 3.10. The van der Waals surface area contributed by atoms with Crippen molar-refractivity contribution < 1.29 is 13.5 Å². The van der Waals surface area contributed by atoms with E-state index < -0.39 is 13.0 Å². The fraction of sp³-hybridized carbons (Fsp3) is 0.111. The van der Waals surface area contributed by atoms with Gasteiger partial charge in [0.1, 0.15) is 12.4 Å². The number of hydrogen-bond donors (Lipinski definition) is 1. The Kier molecular flexibility index (Phi) is 5.69. The van der Waals surface area contributed by atoms with Gasteiger partial charge in [0.25, 0.3) is 6.43 Å². The minimum absolute atomic E-state index is 0.359. The molecule has 0 saturated heterocycles. The van der Waals surface area contributed by atoms with Crippen LogP contribution >= 0.6 is 11.3 Å². The highest BCUT2D eigenvalue weighted by atomic mass is 32.1. The van der Waals surface area contributed by atoms with Crippen molar-refractivity contribution in [2.24, 2.45) is 5.10 Å². The molecule has 3 rings (SSSR count). The van der Waals surface area contributed by atoms with Gasteiger partial charge in [-0.2, -0.15) is 5.10 Å². The van der Waals surface area contributed by atoms with Crippen molar-refractivity contribution in [3.63, 3.8) is 0 Å². The molecule has 0 fully saturated rings. The van der Waals surface area contributed by atoms with Gasteiger partial charge in [-0.25, -0.2) is 13.8 Å². The predicted octanol–water partition coefficient (Wildman–Crippen LogP) is 4.90. The number of nitrogens with one attached hydrogen (secondary N) is 1. The normalized spacial score (nSPS) is 11.2. The van der Waals surface area contributed by atoms with Gasteiger partial charge >= 0.3 is 0 Å². The number of alkyl halides is 2. The highest BCUT2D eigenvalue weighted by Crippen LogP contribution is 2.24. The van der Waals surface area contributed by atoms with Crippen LogP contribution in [0.4, 0.5) is 13.9 Å². The molecule has 0 spiro atoms. The number of para-hydroxylation sites is 1. The summed E-state index contributed by atoms with van der Waals surface area (Å²) in [6.45, 7) is -0.648. The SMILES string of the molecule is FC(F)COc1ccccc1C=NNc1nc(-c2ccccc2)cs1. The summed E-state index contributed by atoms with van der Waals surface area (Å²) in [6, 6.07) is 16.7. The zero-order chi connectivity index (χ0) is 17.5. The Bertz CT molecular complexity index is 837. The Balaban J connectivity index is 1.65. The second-order valence-electron chi connectivity index (χ2n) is 5.01. The number of thiazole rings is 1. The molecule has 1 aromatic heterocycles. The first-order chi connectivity index (χ1) is 12.2. The molecule has 0 bridgehead atoms. The largest absolute Gasteiger partial charge is 0.487 e. The molecule has 2 aromatic carbocycles. The third-order valence-corrected chi connectivity index (χ3v) is 3.97. The van der Waals surface area contributed by atoms with E-state index in [0.717, 1.165) is 11.3 Å². The van der Waals surface area contributed by atoms with Crippen molar-refractivity contribution in [3.8, 4) is 17.0 Å². The lowest BCUT2D eigenvalue weighted by Gasteiger charge is -2.07.